The molecule has 1 aliphatic rings. The van der Waals surface area contributed by atoms with Gasteiger partial charge in [0.25, 0.3) is 0 Å². The summed E-state index contributed by atoms with van der Waals surface area (Å²) in [5.74, 6) is 0. The Morgan fingerprint density at radius 3 is 2.81 bits per heavy atom. The molecule has 1 N–H and O–H groups in total. The van der Waals surface area contributed by atoms with Gasteiger partial charge in [0, 0.05) is 5.02 Å². The van der Waals surface area contributed by atoms with E-state index in [-0.39, 0.29) is 0 Å². The topological polar surface area (TPSA) is 20.2 Å². The number of aryl methyl sites for hydroxylation is 1. The lowest BCUT2D eigenvalue weighted by Gasteiger charge is -2.20. The van der Waals surface area contributed by atoms with Crippen molar-refractivity contribution in [3.8, 4) is 0 Å². The number of rotatable bonds is 2. The smallest absolute Gasteiger partial charge is 0.100 e. The van der Waals surface area contributed by atoms with Crippen LogP contribution >= 0.6 is 11.6 Å². The summed E-state index contributed by atoms with van der Waals surface area (Å²) in [6, 6.07) is 5.70. The standard InChI is InChI=1S/C14H17ClO/c1-10-7-8-12(15)9-13(10)14(16)11-5-3-2-4-6-11/h5,7-9,14,16H,2-4,6H2,1H3. The fraction of sp³-hybridized carbons (Fsp3) is 0.429. The van der Waals surface area contributed by atoms with Gasteiger partial charge in [-0.05, 0) is 61.4 Å². The molecule has 0 aromatic heterocycles. The molecule has 1 aromatic carbocycles. The predicted octanol–water partition coefficient (Wildman–Crippen LogP) is 4.18. The zero-order chi connectivity index (χ0) is 11.5. The molecule has 2 heteroatoms. The molecule has 1 aromatic rings. The monoisotopic (exact) mass is 236 g/mol. The highest BCUT2D eigenvalue weighted by atomic mass is 35.5. The SMILES string of the molecule is Cc1ccc(Cl)cc1C(O)C1=CCCCC1. The Morgan fingerprint density at radius 2 is 2.12 bits per heavy atom. The average molecular weight is 237 g/mol. The molecule has 0 amide bonds. The molecule has 0 saturated carbocycles. The predicted molar refractivity (Wildman–Crippen MR) is 67.7 cm³/mol. The van der Waals surface area contributed by atoms with Gasteiger partial charge in [0.15, 0.2) is 0 Å². The van der Waals surface area contributed by atoms with Gasteiger partial charge in [0.2, 0.25) is 0 Å². The lowest BCUT2D eigenvalue weighted by molar-refractivity contribution is 0.207. The van der Waals surface area contributed by atoms with E-state index in [1.54, 1.807) is 0 Å². The highest BCUT2D eigenvalue weighted by Crippen LogP contribution is 2.32. The van der Waals surface area contributed by atoms with Crippen LogP contribution in [0.2, 0.25) is 5.02 Å². The van der Waals surface area contributed by atoms with Crippen LogP contribution in [0.4, 0.5) is 0 Å². The second-order valence-electron chi connectivity index (χ2n) is 4.43. The van der Waals surface area contributed by atoms with Gasteiger partial charge in [-0.3, -0.25) is 0 Å². The minimum absolute atomic E-state index is 0.473. The third-order valence-corrected chi connectivity index (χ3v) is 3.45. The quantitative estimate of drug-likeness (QED) is 0.764. The van der Waals surface area contributed by atoms with Crippen LogP contribution in [0.5, 0.6) is 0 Å². The van der Waals surface area contributed by atoms with Crippen LogP contribution in [0.15, 0.2) is 29.8 Å². The zero-order valence-electron chi connectivity index (χ0n) is 9.54. The van der Waals surface area contributed by atoms with E-state index in [1.807, 2.05) is 25.1 Å². The molecule has 1 unspecified atom stereocenters. The first-order chi connectivity index (χ1) is 7.68. The van der Waals surface area contributed by atoms with Crippen molar-refractivity contribution >= 4 is 11.6 Å². The molecule has 0 spiro atoms. The summed E-state index contributed by atoms with van der Waals surface area (Å²) in [5.41, 5.74) is 3.20. The molecule has 86 valence electrons. The lowest BCUT2D eigenvalue weighted by atomic mass is 9.90. The molecule has 0 fully saturated rings. The first kappa shape index (κ1) is 11.7. The van der Waals surface area contributed by atoms with Crippen molar-refractivity contribution in [2.24, 2.45) is 0 Å². The number of halogens is 1. The third kappa shape index (κ3) is 2.47. The van der Waals surface area contributed by atoms with E-state index >= 15 is 0 Å². The molecule has 0 bridgehead atoms. The van der Waals surface area contributed by atoms with Crippen molar-refractivity contribution in [3.05, 3.63) is 46.0 Å². The fourth-order valence-electron chi connectivity index (χ4n) is 2.22. The molecule has 1 nitrogen and oxygen atoms in total. The summed E-state index contributed by atoms with van der Waals surface area (Å²) < 4.78 is 0. The molecule has 16 heavy (non-hydrogen) atoms. The van der Waals surface area contributed by atoms with Crippen molar-refractivity contribution in [1.82, 2.24) is 0 Å². The zero-order valence-corrected chi connectivity index (χ0v) is 10.3. The fourth-order valence-corrected chi connectivity index (χ4v) is 2.40. The van der Waals surface area contributed by atoms with Crippen LogP contribution in [0, 0.1) is 6.92 Å². The van der Waals surface area contributed by atoms with Crippen LogP contribution in [0.1, 0.15) is 42.9 Å². The average Bonchev–Trinajstić information content (AvgIpc) is 2.32. The number of benzene rings is 1. The molecule has 0 saturated heterocycles. The molecule has 2 rings (SSSR count). The van der Waals surface area contributed by atoms with Crippen LogP contribution in [-0.2, 0) is 0 Å². The van der Waals surface area contributed by atoms with Crippen molar-refractivity contribution < 1.29 is 5.11 Å². The minimum atomic E-state index is -0.473. The van der Waals surface area contributed by atoms with E-state index < -0.39 is 6.10 Å². The highest BCUT2D eigenvalue weighted by Gasteiger charge is 2.17. The Kier molecular flexibility index (Phi) is 3.67. The number of allylic oxidation sites excluding steroid dienone is 1. The van der Waals surface area contributed by atoms with Gasteiger partial charge in [-0.1, -0.05) is 23.7 Å². The van der Waals surface area contributed by atoms with Crippen LogP contribution in [0.25, 0.3) is 0 Å². The second-order valence-corrected chi connectivity index (χ2v) is 4.86. The summed E-state index contributed by atoms with van der Waals surface area (Å²) in [5, 5.41) is 11.0. The maximum absolute atomic E-state index is 10.3. The van der Waals surface area contributed by atoms with Gasteiger partial charge < -0.3 is 5.11 Å². The molecule has 0 aliphatic heterocycles. The molecule has 1 atom stereocenters. The Labute approximate surface area is 102 Å². The minimum Gasteiger partial charge on any atom is -0.384 e. The summed E-state index contributed by atoms with van der Waals surface area (Å²) in [4.78, 5) is 0. The van der Waals surface area contributed by atoms with Crippen LogP contribution < -0.4 is 0 Å². The first-order valence-electron chi connectivity index (χ1n) is 5.81. The number of hydrogen-bond acceptors (Lipinski definition) is 1. The summed E-state index contributed by atoms with van der Waals surface area (Å²) in [6.07, 6.45) is 6.22. The van der Waals surface area contributed by atoms with Crippen molar-refractivity contribution in [3.63, 3.8) is 0 Å². The highest BCUT2D eigenvalue weighted by molar-refractivity contribution is 6.30. The van der Waals surface area contributed by atoms with Crippen molar-refractivity contribution in [2.75, 3.05) is 0 Å². The maximum atomic E-state index is 10.3. The second kappa shape index (κ2) is 5.03. The van der Waals surface area contributed by atoms with Gasteiger partial charge in [-0.2, -0.15) is 0 Å². The van der Waals surface area contributed by atoms with Crippen LogP contribution in [0.3, 0.4) is 0 Å². The Bertz CT molecular complexity index is 409. The van der Waals surface area contributed by atoms with Crippen molar-refractivity contribution in [2.45, 2.75) is 38.7 Å². The summed E-state index contributed by atoms with van der Waals surface area (Å²) in [7, 11) is 0. The summed E-state index contributed by atoms with van der Waals surface area (Å²) in [6.45, 7) is 2.01. The Balaban J connectivity index is 2.29. The molecule has 0 radical (unpaired) electrons. The van der Waals surface area contributed by atoms with E-state index in [9.17, 15) is 5.11 Å². The molecular weight excluding hydrogens is 220 g/mol. The van der Waals surface area contributed by atoms with E-state index in [1.165, 1.54) is 12.8 Å². The van der Waals surface area contributed by atoms with E-state index in [2.05, 4.69) is 6.08 Å². The normalized spacial score (nSPS) is 18.1. The number of aliphatic hydroxyl groups excluding tert-OH is 1. The first-order valence-corrected chi connectivity index (χ1v) is 6.19. The maximum Gasteiger partial charge on any atom is 0.100 e. The number of hydrogen-bond donors (Lipinski definition) is 1. The third-order valence-electron chi connectivity index (χ3n) is 3.21. The molecular formula is C14H17ClO. The Hall–Kier alpha value is -0.790. The van der Waals surface area contributed by atoms with Crippen molar-refractivity contribution in [1.29, 1.82) is 0 Å². The van der Waals surface area contributed by atoms with Gasteiger partial charge in [-0.15, -0.1) is 0 Å². The van der Waals surface area contributed by atoms with Gasteiger partial charge in [-0.25, -0.2) is 0 Å². The van der Waals surface area contributed by atoms with Gasteiger partial charge >= 0.3 is 0 Å². The van der Waals surface area contributed by atoms with E-state index in [0.717, 1.165) is 29.5 Å². The van der Waals surface area contributed by atoms with E-state index in [0.29, 0.717) is 5.02 Å². The lowest BCUT2D eigenvalue weighted by Crippen LogP contribution is -2.06. The summed E-state index contributed by atoms with van der Waals surface area (Å²) >= 11 is 5.97. The van der Waals surface area contributed by atoms with Gasteiger partial charge in [0.1, 0.15) is 6.10 Å². The Morgan fingerprint density at radius 1 is 1.31 bits per heavy atom. The van der Waals surface area contributed by atoms with E-state index in [4.69, 9.17) is 11.6 Å². The van der Waals surface area contributed by atoms with Gasteiger partial charge in [0.05, 0.1) is 0 Å². The number of aliphatic hydroxyl groups is 1. The molecule has 1 aliphatic carbocycles. The van der Waals surface area contributed by atoms with Crippen LogP contribution in [-0.4, -0.2) is 5.11 Å². The largest absolute Gasteiger partial charge is 0.384 e. The molecule has 0 heterocycles.